The Morgan fingerprint density at radius 3 is 2.75 bits per heavy atom. The van der Waals surface area contributed by atoms with Gasteiger partial charge in [0.2, 0.25) is 5.91 Å². The molecule has 4 nitrogen and oxygen atoms in total. The second-order valence-electron chi connectivity index (χ2n) is 4.76. The van der Waals surface area contributed by atoms with Crippen LogP contribution in [0.2, 0.25) is 0 Å². The van der Waals surface area contributed by atoms with Crippen molar-refractivity contribution >= 4 is 5.91 Å². The topological polar surface area (TPSA) is 54.0 Å². The van der Waals surface area contributed by atoms with Crippen LogP contribution < -0.4 is 10.6 Å². The lowest BCUT2D eigenvalue weighted by Crippen LogP contribution is -2.44. The summed E-state index contributed by atoms with van der Waals surface area (Å²) in [5, 5.41) is 5.96. The number of aromatic nitrogens is 1. The number of rotatable bonds is 4. The van der Waals surface area contributed by atoms with Crippen molar-refractivity contribution < 1.29 is 4.79 Å². The summed E-state index contributed by atoms with van der Waals surface area (Å²) in [6, 6.07) is 3.86. The Morgan fingerprint density at radius 1 is 1.44 bits per heavy atom. The van der Waals surface area contributed by atoms with Gasteiger partial charge in [-0.25, -0.2) is 0 Å². The van der Waals surface area contributed by atoms with Gasteiger partial charge in [0.25, 0.3) is 0 Å². The molecule has 1 aromatic rings. The zero-order valence-electron chi connectivity index (χ0n) is 10.1. The fraction of sp³-hybridized carbons (Fsp3) is 0.500. The molecule has 16 heavy (non-hydrogen) atoms. The number of hydrogen-bond donors (Lipinski definition) is 2. The van der Waals surface area contributed by atoms with E-state index in [9.17, 15) is 4.79 Å². The number of pyridine rings is 1. The van der Waals surface area contributed by atoms with Gasteiger partial charge in [-0.3, -0.25) is 9.78 Å². The molecule has 0 aromatic carbocycles. The monoisotopic (exact) mass is 221 g/mol. The van der Waals surface area contributed by atoms with Crippen LogP contribution in [0.15, 0.2) is 24.5 Å². The van der Waals surface area contributed by atoms with Crippen LogP contribution >= 0.6 is 0 Å². The van der Waals surface area contributed by atoms with Gasteiger partial charge in [-0.2, -0.15) is 0 Å². The first kappa shape index (κ1) is 12.6. The van der Waals surface area contributed by atoms with E-state index in [0.717, 1.165) is 5.56 Å². The molecular formula is C12H19N3O. The van der Waals surface area contributed by atoms with Gasteiger partial charge >= 0.3 is 0 Å². The number of carbonyl (C=O) groups excluding carboxylic acids is 1. The highest BCUT2D eigenvalue weighted by molar-refractivity contribution is 5.78. The van der Waals surface area contributed by atoms with Gasteiger partial charge in [-0.15, -0.1) is 0 Å². The Balaban J connectivity index is 2.24. The van der Waals surface area contributed by atoms with Crippen LogP contribution in [-0.2, 0) is 11.3 Å². The van der Waals surface area contributed by atoms with Gasteiger partial charge in [0, 0.05) is 24.5 Å². The van der Waals surface area contributed by atoms with E-state index in [1.807, 2.05) is 32.9 Å². The van der Waals surface area contributed by atoms with Gasteiger partial charge in [0.15, 0.2) is 0 Å². The summed E-state index contributed by atoms with van der Waals surface area (Å²) in [7, 11) is 0. The number of amides is 1. The average molecular weight is 221 g/mol. The summed E-state index contributed by atoms with van der Waals surface area (Å²) < 4.78 is 0. The molecule has 0 aliphatic heterocycles. The van der Waals surface area contributed by atoms with E-state index in [1.165, 1.54) is 0 Å². The summed E-state index contributed by atoms with van der Waals surface area (Å²) in [5.74, 6) is 0.0105. The van der Waals surface area contributed by atoms with Crippen molar-refractivity contribution in [2.24, 2.45) is 0 Å². The molecule has 1 rings (SSSR count). The SMILES string of the molecule is CC(C)(C)NC(=O)CNCc1cccnc1. The summed E-state index contributed by atoms with van der Waals surface area (Å²) in [6.07, 6.45) is 3.52. The highest BCUT2D eigenvalue weighted by Crippen LogP contribution is 1.97. The van der Waals surface area contributed by atoms with Crippen molar-refractivity contribution in [3.8, 4) is 0 Å². The molecule has 0 aliphatic rings. The minimum atomic E-state index is -0.174. The molecule has 0 spiro atoms. The van der Waals surface area contributed by atoms with Gasteiger partial charge < -0.3 is 10.6 Å². The van der Waals surface area contributed by atoms with Gasteiger partial charge in [0.1, 0.15) is 0 Å². The molecule has 4 heteroatoms. The molecule has 0 saturated carbocycles. The number of carbonyl (C=O) groups is 1. The third-order valence-corrected chi connectivity index (χ3v) is 1.85. The Morgan fingerprint density at radius 2 is 2.19 bits per heavy atom. The van der Waals surface area contributed by atoms with E-state index in [-0.39, 0.29) is 11.4 Å². The van der Waals surface area contributed by atoms with Gasteiger partial charge in [-0.05, 0) is 32.4 Å². The molecule has 0 atom stereocenters. The van der Waals surface area contributed by atoms with Crippen molar-refractivity contribution in [2.75, 3.05) is 6.54 Å². The molecule has 0 aliphatic carbocycles. The van der Waals surface area contributed by atoms with Crippen LogP contribution in [0.5, 0.6) is 0 Å². The quantitative estimate of drug-likeness (QED) is 0.800. The van der Waals surface area contributed by atoms with Crippen LogP contribution in [0, 0.1) is 0 Å². The van der Waals surface area contributed by atoms with Gasteiger partial charge in [0.05, 0.1) is 6.54 Å². The Kier molecular flexibility index (Phi) is 4.43. The van der Waals surface area contributed by atoms with Crippen molar-refractivity contribution in [2.45, 2.75) is 32.9 Å². The zero-order valence-corrected chi connectivity index (χ0v) is 10.1. The highest BCUT2D eigenvalue weighted by Gasteiger charge is 2.12. The Labute approximate surface area is 96.5 Å². The van der Waals surface area contributed by atoms with E-state index >= 15 is 0 Å². The molecule has 0 saturated heterocycles. The fourth-order valence-electron chi connectivity index (χ4n) is 1.29. The number of nitrogens with zero attached hydrogens (tertiary/aromatic N) is 1. The molecule has 1 aromatic heterocycles. The summed E-state index contributed by atoms with van der Waals surface area (Å²) in [5.41, 5.74) is 0.902. The maximum absolute atomic E-state index is 11.5. The van der Waals surface area contributed by atoms with Crippen LogP contribution in [0.25, 0.3) is 0 Å². The minimum absolute atomic E-state index is 0.0105. The molecule has 2 N–H and O–H groups in total. The smallest absolute Gasteiger partial charge is 0.234 e. The molecule has 0 fully saturated rings. The molecular weight excluding hydrogens is 202 g/mol. The van der Waals surface area contributed by atoms with Crippen LogP contribution in [0.4, 0.5) is 0 Å². The molecule has 1 heterocycles. The molecule has 0 bridgehead atoms. The highest BCUT2D eigenvalue weighted by atomic mass is 16.2. The first-order chi connectivity index (χ1) is 7.47. The maximum Gasteiger partial charge on any atom is 0.234 e. The van der Waals surface area contributed by atoms with Gasteiger partial charge in [-0.1, -0.05) is 6.07 Å². The summed E-state index contributed by atoms with van der Waals surface area (Å²) in [4.78, 5) is 15.5. The van der Waals surface area contributed by atoms with E-state index in [2.05, 4.69) is 15.6 Å². The second-order valence-corrected chi connectivity index (χ2v) is 4.76. The first-order valence-electron chi connectivity index (χ1n) is 5.38. The standard InChI is InChI=1S/C12H19N3O/c1-12(2,3)15-11(16)9-14-8-10-5-4-6-13-7-10/h4-7,14H,8-9H2,1-3H3,(H,15,16). The third-order valence-electron chi connectivity index (χ3n) is 1.85. The summed E-state index contributed by atoms with van der Waals surface area (Å²) in [6.45, 7) is 6.88. The van der Waals surface area contributed by atoms with Crippen molar-refractivity contribution in [3.05, 3.63) is 30.1 Å². The lowest BCUT2D eigenvalue weighted by molar-refractivity contribution is -0.121. The predicted molar refractivity (Wildman–Crippen MR) is 63.8 cm³/mol. The summed E-state index contributed by atoms with van der Waals surface area (Å²) >= 11 is 0. The Bertz CT molecular complexity index is 330. The van der Waals surface area contributed by atoms with E-state index in [4.69, 9.17) is 0 Å². The normalized spacial score (nSPS) is 11.2. The first-order valence-corrected chi connectivity index (χ1v) is 5.38. The molecule has 1 amide bonds. The van der Waals surface area contributed by atoms with Crippen molar-refractivity contribution in [1.29, 1.82) is 0 Å². The fourth-order valence-corrected chi connectivity index (χ4v) is 1.29. The Hall–Kier alpha value is -1.42. The lowest BCUT2D eigenvalue weighted by atomic mass is 10.1. The number of nitrogens with one attached hydrogen (secondary N) is 2. The van der Waals surface area contributed by atoms with E-state index in [1.54, 1.807) is 12.4 Å². The van der Waals surface area contributed by atoms with E-state index in [0.29, 0.717) is 13.1 Å². The second kappa shape index (κ2) is 5.61. The molecule has 0 radical (unpaired) electrons. The van der Waals surface area contributed by atoms with E-state index < -0.39 is 0 Å². The van der Waals surface area contributed by atoms with Crippen LogP contribution in [-0.4, -0.2) is 23.0 Å². The average Bonchev–Trinajstić information content (AvgIpc) is 2.16. The van der Waals surface area contributed by atoms with Crippen LogP contribution in [0.3, 0.4) is 0 Å². The lowest BCUT2D eigenvalue weighted by Gasteiger charge is -2.20. The zero-order chi connectivity index (χ0) is 12.0. The largest absolute Gasteiger partial charge is 0.350 e. The third kappa shape index (κ3) is 5.46. The number of hydrogen-bond acceptors (Lipinski definition) is 3. The van der Waals surface area contributed by atoms with Crippen molar-refractivity contribution in [1.82, 2.24) is 15.6 Å². The van der Waals surface area contributed by atoms with Crippen molar-refractivity contribution in [3.63, 3.8) is 0 Å². The molecule has 88 valence electrons. The molecule has 0 unspecified atom stereocenters. The van der Waals surface area contributed by atoms with Crippen LogP contribution in [0.1, 0.15) is 26.3 Å². The maximum atomic E-state index is 11.5. The predicted octanol–water partition coefficient (Wildman–Crippen LogP) is 1.09. The minimum Gasteiger partial charge on any atom is -0.350 e.